The predicted octanol–water partition coefficient (Wildman–Crippen LogP) is 1.06. The molecule has 0 amide bonds. The van der Waals surface area contributed by atoms with Gasteiger partial charge in [0.25, 0.3) is 0 Å². The minimum absolute atomic E-state index is 0.265. The Labute approximate surface area is 96.2 Å². The molecule has 0 aromatic carbocycles. The number of hydrogen-bond donors (Lipinski definition) is 1. The predicted molar refractivity (Wildman–Crippen MR) is 61.2 cm³/mol. The van der Waals surface area contributed by atoms with Crippen LogP contribution in [0.5, 0.6) is 0 Å². The second kappa shape index (κ2) is 4.97. The summed E-state index contributed by atoms with van der Waals surface area (Å²) in [6.07, 6.45) is 2.37. The molecule has 0 aliphatic carbocycles. The van der Waals surface area contributed by atoms with Crippen LogP contribution in [0, 0.1) is 12.8 Å². The molecule has 1 aromatic heterocycles. The van der Waals surface area contributed by atoms with Gasteiger partial charge in [0.2, 0.25) is 0 Å². The van der Waals surface area contributed by atoms with Gasteiger partial charge in [-0.15, -0.1) is 0 Å². The molecule has 0 radical (unpaired) electrons. The van der Waals surface area contributed by atoms with Crippen LogP contribution in [0.4, 0.5) is 0 Å². The quantitative estimate of drug-likeness (QED) is 0.835. The first-order valence-corrected chi connectivity index (χ1v) is 5.92. The third-order valence-corrected chi connectivity index (χ3v) is 3.33. The number of hydrogen-bond acceptors (Lipinski definition) is 3. The van der Waals surface area contributed by atoms with E-state index >= 15 is 0 Å². The summed E-state index contributed by atoms with van der Waals surface area (Å²) in [4.78, 5) is 0. The number of aromatic nitrogens is 2. The van der Waals surface area contributed by atoms with Gasteiger partial charge in [-0.25, -0.2) is 0 Å². The van der Waals surface area contributed by atoms with Crippen molar-refractivity contribution in [3.8, 4) is 0 Å². The Morgan fingerprint density at radius 1 is 1.56 bits per heavy atom. The zero-order valence-electron chi connectivity index (χ0n) is 10.0. The molecule has 0 saturated carbocycles. The molecule has 1 N–H and O–H groups in total. The maximum atomic E-state index is 10.2. The van der Waals surface area contributed by atoms with Crippen LogP contribution in [-0.4, -0.2) is 34.2 Å². The molecular weight excluding hydrogens is 204 g/mol. The van der Waals surface area contributed by atoms with Gasteiger partial charge in [0, 0.05) is 32.4 Å². The minimum atomic E-state index is -0.265. The van der Waals surface area contributed by atoms with Crippen molar-refractivity contribution in [3.05, 3.63) is 17.5 Å². The summed E-state index contributed by atoms with van der Waals surface area (Å²) >= 11 is 0. The fourth-order valence-corrected chi connectivity index (χ4v) is 2.34. The van der Waals surface area contributed by atoms with Crippen molar-refractivity contribution in [2.24, 2.45) is 13.0 Å². The molecule has 0 bridgehead atoms. The summed E-state index contributed by atoms with van der Waals surface area (Å²) < 4.78 is 7.16. The van der Waals surface area contributed by atoms with Crippen molar-refractivity contribution in [3.63, 3.8) is 0 Å². The molecule has 90 valence electrons. The summed E-state index contributed by atoms with van der Waals surface area (Å²) in [5.41, 5.74) is 2.12. The SMILES string of the molecule is Cc1cc(CC(O)C2CCOCC2)n(C)n1. The van der Waals surface area contributed by atoms with Gasteiger partial charge in [0.1, 0.15) is 0 Å². The summed E-state index contributed by atoms with van der Waals surface area (Å²) in [7, 11) is 1.93. The average Bonchev–Trinajstić information content (AvgIpc) is 2.59. The molecule has 1 fully saturated rings. The first kappa shape index (κ1) is 11.6. The summed E-state index contributed by atoms with van der Waals surface area (Å²) in [6, 6.07) is 2.04. The second-order valence-electron chi connectivity index (χ2n) is 4.62. The number of aliphatic hydroxyl groups is 1. The normalized spacial score (nSPS) is 19.9. The number of aliphatic hydroxyl groups excluding tert-OH is 1. The number of nitrogens with zero attached hydrogens (tertiary/aromatic N) is 2. The molecule has 16 heavy (non-hydrogen) atoms. The molecule has 1 aliphatic heterocycles. The molecule has 4 nitrogen and oxygen atoms in total. The lowest BCUT2D eigenvalue weighted by Gasteiger charge is -2.26. The lowest BCUT2D eigenvalue weighted by Crippen LogP contribution is -2.29. The maximum Gasteiger partial charge on any atom is 0.0625 e. The lowest BCUT2D eigenvalue weighted by molar-refractivity contribution is 0.00777. The van der Waals surface area contributed by atoms with Crippen molar-refractivity contribution in [2.45, 2.75) is 32.3 Å². The van der Waals surface area contributed by atoms with E-state index in [-0.39, 0.29) is 6.10 Å². The topological polar surface area (TPSA) is 47.3 Å². The highest BCUT2D eigenvalue weighted by Crippen LogP contribution is 2.21. The highest BCUT2D eigenvalue weighted by Gasteiger charge is 2.23. The Kier molecular flexibility index (Phi) is 3.61. The molecule has 2 heterocycles. The summed E-state index contributed by atoms with van der Waals surface area (Å²) in [6.45, 7) is 3.54. The number of aryl methyl sites for hydroxylation is 2. The van der Waals surface area contributed by atoms with E-state index in [1.807, 2.05) is 24.7 Å². The Morgan fingerprint density at radius 3 is 2.81 bits per heavy atom. The first-order chi connectivity index (χ1) is 7.66. The Morgan fingerprint density at radius 2 is 2.25 bits per heavy atom. The van der Waals surface area contributed by atoms with Gasteiger partial charge >= 0.3 is 0 Å². The van der Waals surface area contributed by atoms with E-state index in [1.54, 1.807) is 0 Å². The molecule has 1 aromatic rings. The van der Waals surface area contributed by atoms with E-state index < -0.39 is 0 Å². The van der Waals surface area contributed by atoms with Crippen LogP contribution >= 0.6 is 0 Å². The number of rotatable bonds is 3. The van der Waals surface area contributed by atoms with Crippen molar-refractivity contribution in [1.29, 1.82) is 0 Å². The number of ether oxygens (including phenoxy) is 1. The summed E-state index contributed by atoms with van der Waals surface area (Å²) in [5.74, 6) is 0.379. The van der Waals surface area contributed by atoms with Crippen LogP contribution in [-0.2, 0) is 18.2 Å². The zero-order chi connectivity index (χ0) is 11.5. The molecule has 1 unspecified atom stereocenters. The summed E-state index contributed by atoms with van der Waals surface area (Å²) in [5, 5.41) is 14.5. The van der Waals surface area contributed by atoms with Crippen LogP contribution in [0.1, 0.15) is 24.2 Å². The van der Waals surface area contributed by atoms with Crippen LogP contribution in [0.2, 0.25) is 0 Å². The molecule has 0 spiro atoms. The standard InChI is InChI=1S/C12H20N2O2/c1-9-7-11(14(2)13-9)8-12(15)10-3-5-16-6-4-10/h7,10,12,15H,3-6,8H2,1-2H3. The highest BCUT2D eigenvalue weighted by molar-refractivity contribution is 5.09. The molecule has 1 atom stereocenters. The van der Waals surface area contributed by atoms with Crippen molar-refractivity contribution >= 4 is 0 Å². The average molecular weight is 224 g/mol. The fourth-order valence-electron chi connectivity index (χ4n) is 2.34. The van der Waals surface area contributed by atoms with E-state index in [1.165, 1.54) is 0 Å². The van der Waals surface area contributed by atoms with Gasteiger partial charge in [0.15, 0.2) is 0 Å². The zero-order valence-corrected chi connectivity index (χ0v) is 10.0. The van der Waals surface area contributed by atoms with E-state index in [0.29, 0.717) is 12.3 Å². The second-order valence-corrected chi connectivity index (χ2v) is 4.62. The smallest absolute Gasteiger partial charge is 0.0625 e. The van der Waals surface area contributed by atoms with Gasteiger partial charge in [-0.2, -0.15) is 5.10 Å². The molecule has 4 heteroatoms. The van der Waals surface area contributed by atoms with E-state index in [0.717, 1.165) is 37.4 Å². The Hall–Kier alpha value is -0.870. The fraction of sp³-hybridized carbons (Fsp3) is 0.750. The first-order valence-electron chi connectivity index (χ1n) is 5.92. The van der Waals surface area contributed by atoms with Gasteiger partial charge in [-0.3, -0.25) is 4.68 Å². The largest absolute Gasteiger partial charge is 0.392 e. The van der Waals surface area contributed by atoms with Gasteiger partial charge < -0.3 is 9.84 Å². The third-order valence-electron chi connectivity index (χ3n) is 3.33. The van der Waals surface area contributed by atoms with E-state index in [4.69, 9.17) is 4.74 Å². The minimum Gasteiger partial charge on any atom is -0.392 e. The molecule has 2 rings (SSSR count). The van der Waals surface area contributed by atoms with Gasteiger partial charge in [0.05, 0.1) is 11.8 Å². The third kappa shape index (κ3) is 2.62. The maximum absolute atomic E-state index is 10.2. The van der Waals surface area contributed by atoms with Crippen molar-refractivity contribution in [1.82, 2.24) is 9.78 Å². The highest BCUT2D eigenvalue weighted by atomic mass is 16.5. The Bertz CT molecular complexity index is 343. The van der Waals surface area contributed by atoms with E-state index in [9.17, 15) is 5.11 Å². The van der Waals surface area contributed by atoms with Crippen LogP contribution in [0.15, 0.2) is 6.07 Å². The van der Waals surface area contributed by atoms with Crippen LogP contribution < -0.4 is 0 Å². The molecule has 1 saturated heterocycles. The monoisotopic (exact) mass is 224 g/mol. The van der Waals surface area contributed by atoms with Crippen LogP contribution in [0.3, 0.4) is 0 Å². The van der Waals surface area contributed by atoms with Gasteiger partial charge in [-0.05, 0) is 31.7 Å². The van der Waals surface area contributed by atoms with Crippen molar-refractivity contribution in [2.75, 3.05) is 13.2 Å². The van der Waals surface area contributed by atoms with Crippen LogP contribution in [0.25, 0.3) is 0 Å². The van der Waals surface area contributed by atoms with Gasteiger partial charge in [-0.1, -0.05) is 0 Å². The van der Waals surface area contributed by atoms with Crippen molar-refractivity contribution < 1.29 is 9.84 Å². The Balaban J connectivity index is 1.95. The molecular formula is C12H20N2O2. The lowest BCUT2D eigenvalue weighted by atomic mass is 9.91. The van der Waals surface area contributed by atoms with E-state index in [2.05, 4.69) is 5.10 Å². The molecule has 1 aliphatic rings.